The van der Waals surface area contributed by atoms with E-state index in [9.17, 15) is 9.90 Å². The molecule has 5 heteroatoms. The van der Waals surface area contributed by atoms with Gasteiger partial charge in [0, 0.05) is 18.1 Å². The number of hydrogen-bond acceptors (Lipinski definition) is 4. The fourth-order valence-corrected chi connectivity index (χ4v) is 3.04. The number of aromatic nitrogens is 1. The Hall–Kier alpha value is -2.40. The van der Waals surface area contributed by atoms with Crippen LogP contribution in [0.5, 0.6) is 11.5 Å². The van der Waals surface area contributed by atoms with E-state index in [-0.39, 0.29) is 12.3 Å². The van der Waals surface area contributed by atoms with Crippen LogP contribution in [0, 0.1) is 0 Å². The van der Waals surface area contributed by atoms with Crippen LogP contribution in [-0.2, 0) is 4.79 Å². The summed E-state index contributed by atoms with van der Waals surface area (Å²) in [5.74, 6) is 1.24. The van der Waals surface area contributed by atoms with Crippen molar-refractivity contribution in [2.24, 2.45) is 0 Å². The summed E-state index contributed by atoms with van der Waals surface area (Å²) in [6.45, 7) is 0. The number of benzene rings is 1. The van der Waals surface area contributed by atoms with Crippen LogP contribution in [-0.4, -0.2) is 21.6 Å². The van der Waals surface area contributed by atoms with E-state index < -0.39 is 5.60 Å². The third kappa shape index (κ3) is 4.55. The summed E-state index contributed by atoms with van der Waals surface area (Å²) >= 11 is 0. The van der Waals surface area contributed by atoms with E-state index in [4.69, 9.17) is 4.74 Å². The molecular formula is C19H22N2O3. The smallest absolute Gasteiger partial charge is 0.227 e. The van der Waals surface area contributed by atoms with Crippen molar-refractivity contribution in [3.05, 3.63) is 48.8 Å². The van der Waals surface area contributed by atoms with E-state index in [1.54, 1.807) is 48.8 Å². The standard InChI is InChI=1S/C19H22N2O3/c22-18(14-19(23)10-2-1-3-11-19)21-15-4-6-16(7-5-15)24-17-8-12-20-13-9-17/h4-9,12-13,23H,1-3,10-11,14H2,(H,21,22). The predicted molar refractivity (Wildman–Crippen MR) is 92.0 cm³/mol. The number of carbonyl (C=O) groups excluding carboxylic acids is 1. The molecule has 2 N–H and O–H groups in total. The van der Waals surface area contributed by atoms with E-state index >= 15 is 0 Å². The van der Waals surface area contributed by atoms with Gasteiger partial charge >= 0.3 is 0 Å². The molecule has 126 valence electrons. The fourth-order valence-electron chi connectivity index (χ4n) is 3.04. The van der Waals surface area contributed by atoms with Gasteiger partial charge in [0.25, 0.3) is 0 Å². The number of amides is 1. The maximum Gasteiger partial charge on any atom is 0.227 e. The monoisotopic (exact) mass is 326 g/mol. The van der Waals surface area contributed by atoms with Crippen LogP contribution in [0.4, 0.5) is 5.69 Å². The first-order chi connectivity index (χ1) is 11.6. The van der Waals surface area contributed by atoms with Crippen LogP contribution >= 0.6 is 0 Å². The number of nitrogens with one attached hydrogen (secondary N) is 1. The van der Waals surface area contributed by atoms with Gasteiger partial charge in [-0.1, -0.05) is 19.3 Å². The highest BCUT2D eigenvalue weighted by Crippen LogP contribution is 2.31. The van der Waals surface area contributed by atoms with Gasteiger partial charge in [0.1, 0.15) is 11.5 Å². The van der Waals surface area contributed by atoms with Crippen LogP contribution < -0.4 is 10.1 Å². The van der Waals surface area contributed by atoms with Gasteiger partial charge in [0.05, 0.1) is 12.0 Å². The first-order valence-electron chi connectivity index (χ1n) is 8.33. The number of aliphatic hydroxyl groups is 1. The molecule has 0 unspecified atom stereocenters. The van der Waals surface area contributed by atoms with Crippen molar-refractivity contribution in [3.63, 3.8) is 0 Å². The number of pyridine rings is 1. The zero-order valence-electron chi connectivity index (χ0n) is 13.6. The lowest BCUT2D eigenvalue weighted by Gasteiger charge is -2.31. The van der Waals surface area contributed by atoms with Gasteiger partial charge in [0.15, 0.2) is 0 Å². The minimum atomic E-state index is -0.841. The molecule has 0 atom stereocenters. The summed E-state index contributed by atoms with van der Waals surface area (Å²) < 4.78 is 5.68. The Kier molecular flexibility index (Phi) is 5.11. The van der Waals surface area contributed by atoms with Gasteiger partial charge in [-0.2, -0.15) is 0 Å². The second-order valence-corrected chi connectivity index (χ2v) is 6.32. The Labute approximate surface area is 141 Å². The number of anilines is 1. The third-order valence-corrected chi connectivity index (χ3v) is 4.30. The molecule has 1 aromatic heterocycles. The average Bonchev–Trinajstić information content (AvgIpc) is 2.58. The van der Waals surface area contributed by atoms with Crippen LogP contribution in [0.1, 0.15) is 38.5 Å². The van der Waals surface area contributed by atoms with Gasteiger partial charge in [0.2, 0.25) is 5.91 Å². The number of carbonyl (C=O) groups is 1. The molecule has 3 rings (SSSR count). The Morgan fingerprint density at radius 3 is 2.33 bits per heavy atom. The lowest BCUT2D eigenvalue weighted by atomic mass is 9.82. The normalized spacial score (nSPS) is 16.4. The minimum absolute atomic E-state index is 0.151. The summed E-state index contributed by atoms with van der Waals surface area (Å²) in [6.07, 6.45) is 8.03. The molecule has 2 aromatic rings. The molecule has 0 aliphatic heterocycles. The number of ether oxygens (including phenoxy) is 1. The summed E-state index contributed by atoms with van der Waals surface area (Å²) in [5, 5.41) is 13.3. The lowest BCUT2D eigenvalue weighted by molar-refractivity contribution is -0.122. The average molecular weight is 326 g/mol. The molecule has 1 aliphatic carbocycles. The van der Waals surface area contributed by atoms with Crippen molar-refractivity contribution in [2.75, 3.05) is 5.32 Å². The van der Waals surface area contributed by atoms with Crippen LogP contribution in [0.3, 0.4) is 0 Å². The van der Waals surface area contributed by atoms with Crippen molar-refractivity contribution in [3.8, 4) is 11.5 Å². The van der Waals surface area contributed by atoms with Gasteiger partial charge in [-0.3, -0.25) is 9.78 Å². The number of rotatable bonds is 5. The van der Waals surface area contributed by atoms with Gasteiger partial charge in [-0.25, -0.2) is 0 Å². The van der Waals surface area contributed by atoms with Crippen molar-refractivity contribution in [1.82, 2.24) is 4.98 Å². The first kappa shape index (κ1) is 16.5. The van der Waals surface area contributed by atoms with Crippen molar-refractivity contribution in [1.29, 1.82) is 0 Å². The van der Waals surface area contributed by atoms with E-state index in [0.717, 1.165) is 19.3 Å². The highest BCUT2D eigenvalue weighted by molar-refractivity contribution is 5.91. The van der Waals surface area contributed by atoms with Crippen molar-refractivity contribution in [2.45, 2.75) is 44.1 Å². The predicted octanol–water partition coefficient (Wildman–Crippen LogP) is 3.90. The van der Waals surface area contributed by atoms with E-state index in [2.05, 4.69) is 10.3 Å². The van der Waals surface area contributed by atoms with Gasteiger partial charge in [-0.15, -0.1) is 0 Å². The Morgan fingerprint density at radius 2 is 1.67 bits per heavy atom. The second kappa shape index (κ2) is 7.45. The molecule has 0 radical (unpaired) electrons. The molecule has 1 aliphatic rings. The summed E-state index contributed by atoms with van der Waals surface area (Å²) in [6, 6.07) is 10.7. The van der Waals surface area contributed by atoms with Gasteiger partial charge < -0.3 is 15.2 Å². The summed E-state index contributed by atoms with van der Waals surface area (Å²) in [5.41, 5.74) is -0.145. The lowest BCUT2D eigenvalue weighted by Crippen LogP contribution is -2.35. The number of nitrogens with zero attached hydrogens (tertiary/aromatic N) is 1. The molecule has 1 amide bonds. The van der Waals surface area contributed by atoms with Crippen LogP contribution in [0.15, 0.2) is 48.8 Å². The third-order valence-electron chi connectivity index (χ3n) is 4.30. The molecule has 1 heterocycles. The summed E-state index contributed by atoms with van der Waals surface area (Å²) in [7, 11) is 0. The van der Waals surface area contributed by atoms with E-state index in [1.165, 1.54) is 0 Å². The minimum Gasteiger partial charge on any atom is -0.457 e. The fraction of sp³-hybridized carbons (Fsp3) is 0.368. The Morgan fingerprint density at radius 1 is 1.04 bits per heavy atom. The molecule has 0 spiro atoms. The molecule has 5 nitrogen and oxygen atoms in total. The highest BCUT2D eigenvalue weighted by Gasteiger charge is 2.31. The van der Waals surface area contributed by atoms with E-state index in [1.807, 2.05) is 0 Å². The first-order valence-corrected chi connectivity index (χ1v) is 8.33. The molecule has 0 saturated heterocycles. The topological polar surface area (TPSA) is 71.5 Å². The van der Waals surface area contributed by atoms with Gasteiger partial charge in [-0.05, 0) is 49.2 Å². The van der Waals surface area contributed by atoms with Crippen molar-refractivity contribution < 1.29 is 14.6 Å². The highest BCUT2D eigenvalue weighted by atomic mass is 16.5. The Balaban J connectivity index is 1.54. The molecule has 1 saturated carbocycles. The number of hydrogen-bond donors (Lipinski definition) is 2. The second-order valence-electron chi connectivity index (χ2n) is 6.32. The quantitative estimate of drug-likeness (QED) is 0.874. The Bertz CT molecular complexity index is 665. The van der Waals surface area contributed by atoms with Crippen LogP contribution in [0.2, 0.25) is 0 Å². The zero-order chi connectivity index (χ0) is 16.8. The zero-order valence-corrected chi connectivity index (χ0v) is 13.6. The molecule has 1 aromatic carbocycles. The van der Waals surface area contributed by atoms with Crippen LogP contribution in [0.25, 0.3) is 0 Å². The molecule has 0 bridgehead atoms. The van der Waals surface area contributed by atoms with E-state index in [0.29, 0.717) is 30.0 Å². The molecule has 24 heavy (non-hydrogen) atoms. The molecule has 1 fully saturated rings. The maximum atomic E-state index is 12.2. The van der Waals surface area contributed by atoms with Crippen molar-refractivity contribution >= 4 is 11.6 Å². The summed E-state index contributed by atoms with van der Waals surface area (Å²) in [4.78, 5) is 16.1. The SMILES string of the molecule is O=C(CC1(O)CCCCC1)Nc1ccc(Oc2ccncc2)cc1. The molecular weight excluding hydrogens is 304 g/mol. The maximum absolute atomic E-state index is 12.2. The largest absolute Gasteiger partial charge is 0.457 e.